The minimum atomic E-state index is -0.443. The third-order valence-corrected chi connectivity index (χ3v) is 2.94. The van der Waals surface area contributed by atoms with Gasteiger partial charge in [-0.15, -0.1) is 0 Å². The van der Waals surface area contributed by atoms with Gasteiger partial charge in [0.1, 0.15) is 11.5 Å². The van der Waals surface area contributed by atoms with Gasteiger partial charge in [0.05, 0.1) is 6.10 Å². The Balaban J connectivity index is 2.18. The molecule has 0 aliphatic carbocycles. The molecule has 0 saturated heterocycles. The molecule has 18 heavy (non-hydrogen) atoms. The van der Waals surface area contributed by atoms with Gasteiger partial charge in [0, 0.05) is 0 Å². The summed E-state index contributed by atoms with van der Waals surface area (Å²) < 4.78 is 5.85. The second-order valence-corrected chi connectivity index (χ2v) is 4.31. The lowest BCUT2D eigenvalue weighted by Crippen LogP contribution is -1.92. The molecule has 0 spiro atoms. The zero-order valence-electron chi connectivity index (χ0n) is 10.8. The minimum Gasteiger partial charge on any atom is -0.457 e. The van der Waals surface area contributed by atoms with E-state index < -0.39 is 6.10 Å². The van der Waals surface area contributed by atoms with Crippen molar-refractivity contribution >= 4 is 0 Å². The number of aliphatic hydroxyl groups is 1. The summed E-state index contributed by atoms with van der Waals surface area (Å²) in [6.07, 6.45) is 0.504. The number of hydrogen-bond donors (Lipinski definition) is 1. The van der Waals surface area contributed by atoms with E-state index in [1.54, 1.807) is 6.92 Å². The molecule has 1 atom stereocenters. The molecular formula is C16H18O2. The molecule has 2 rings (SSSR count). The third-order valence-electron chi connectivity index (χ3n) is 2.94. The van der Waals surface area contributed by atoms with E-state index in [2.05, 4.69) is 13.0 Å². The third kappa shape index (κ3) is 2.90. The SMILES string of the molecule is CCc1ccccc1Oc1ccc([C@@H](C)O)cc1. The number of aliphatic hydroxyl groups excluding tert-OH is 1. The van der Waals surface area contributed by atoms with E-state index >= 15 is 0 Å². The van der Waals surface area contributed by atoms with Gasteiger partial charge in [0.2, 0.25) is 0 Å². The summed E-state index contributed by atoms with van der Waals surface area (Å²) in [5.74, 6) is 1.69. The highest BCUT2D eigenvalue weighted by atomic mass is 16.5. The topological polar surface area (TPSA) is 29.5 Å². The molecular weight excluding hydrogens is 224 g/mol. The largest absolute Gasteiger partial charge is 0.457 e. The predicted molar refractivity (Wildman–Crippen MR) is 73.0 cm³/mol. The van der Waals surface area contributed by atoms with Crippen molar-refractivity contribution in [1.82, 2.24) is 0 Å². The monoisotopic (exact) mass is 242 g/mol. The van der Waals surface area contributed by atoms with Crippen LogP contribution in [0.5, 0.6) is 11.5 Å². The first-order chi connectivity index (χ1) is 8.70. The molecule has 94 valence electrons. The number of para-hydroxylation sites is 1. The van der Waals surface area contributed by atoms with Crippen molar-refractivity contribution < 1.29 is 9.84 Å². The van der Waals surface area contributed by atoms with Crippen molar-refractivity contribution in [2.45, 2.75) is 26.4 Å². The standard InChI is InChI=1S/C16H18O2/c1-3-13-6-4-5-7-16(13)18-15-10-8-14(9-11-15)12(2)17/h4-12,17H,3H2,1-2H3/t12-/m1/s1. The first-order valence-corrected chi connectivity index (χ1v) is 6.24. The summed E-state index contributed by atoms with van der Waals surface area (Å²) in [7, 11) is 0. The van der Waals surface area contributed by atoms with Crippen LogP contribution in [0.2, 0.25) is 0 Å². The maximum Gasteiger partial charge on any atom is 0.130 e. The van der Waals surface area contributed by atoms with Crippen LogP contribution in [0.3, 0.4) is 0 Å². The average molecular weight is 242 g/mol. The smallest absolute Gasteiger partial charge is 0.130 e. The lowest BCUT2D eigenvalue weighted by atomic mass is 10.1. The fourth-order valence-electron chi connectivity index (χ4n) is 1.84. The Labute approximate surface area is 108 Å². The molecule has 0 aliphatic rings. The van der Waals surface area contributed by atoms with Crippen LogP contribution >= 0.6 is 0 Å². The summed E-state index contributed by atoms with van der Waals surface area (Å²) in [6, 6.07) is 15.6. The molecule has 2 aromatic rings. The van der Waals surface area contributed by atoms with Crippen molar-refractivity contribution in [3.63, 3.8) is 0 Å². The van der Waals surface area contributed by atoms with Crippen LogP contribution in [0, 0.1) is 0 Å². The van der Waals surface area contributed by atoms with Crippen LogP contribution < -0.4 is 4.74 Å². The summed E-state index contributed by atoms with van der Waals surface area (Å²) in [6.45, 7) is 3.86. The maximum absolute atomic E-state index is 9.45. The minimum absolute atomic E-state index is 0.443. The molecule has 2 aromatic carbocycles. The molecule has 2 nitrogen and oxygen atoms in total. The molecule has 0 aromatic heterocycles. The second-order valence-electron chi connectivity index (χ2n) is 4.31. The van der Waals surface area contributed by atoms with E-state index in [1.165, 1.54) is 5.56 Å². The Bertz CT molecular complexity index is 501. The number of hydrogen-bond acceptors (Lipinski definition) is 2. The maximum atomic E-state index is 9.45. The van der Waals surface area contributed by atoms with Crippen LogP contribution in [-0.4, -0.2) is 5.11 Å². The fourth-order valence-corrected chi connectivity index (χ4v) is 1.84. The second kappa shape index (κ2) is 5.69. The summed E-state index contributed by atoms with van der Waals surface area (Å²) in [5.41, 5.74) is 2.09. The zero-order chi connectivity index (χ0) is 13.0. The highest BCUT2D eigenvalue weighted by Gasteiger charge is 2.04. The molecule has 0 amide bonds. The van der Waals surface area contributed by atoms with Crippen molar-refractivity contribution in [2.24, 2.45) is 0 Å². The van der Waals surface area contributed by atoms with Crippen LogP contribution in [0.15, 0.2) is 48.5 Å². The summed E-state index contributed by atoms with van der Waals surface area (Å²) in [5, 5.41) is 9.45. The predicted octanol–water partition coefficient (Wildman–Crippen LogP) is 4.09. The van der Waals surface area contributed by atoms with Gasteiger partial charge >= 0.3 is 0 Å². The first kappa shape index (κ1) is 12.7. The van der Waals surface area contributed by atoms with Crippen LogP contribution in [0.4, 0.5) is 0 Å². The zero-order valence-corrected chi connectivity index (χ0v) is 10.8. The van der Waals surface area contributed by atoms with Gasteiger partial charge in [-0.25, -0.2) is 0 Å². The molecule has 2 heteroatoms. The van der Waals surface area contributed by atoms with E-state index in [-0.39, 0.29) is 0 Å². The van der Waals surface area contributed by atoms with Crippen molar-refractivity contribution in [2.75, 3.05) is 0 Å². The molecule has 1 N–H and O–H groups in total. The lowest BCUT2D eigenvalue weighted by Gasteiger charge is -2.11. The quantitative estimate of drug-likeness (QED) is 0.874. The summed E-state index contributed by atoms with van der Waals surface area (Å²) >= 11 is 0. The van der Waals surface area contributed by atoms with E-state index in [0.717, 1.165) is 23.5 Å². The molecule has 0 unspecified atom stereocenters. The summed E-state index contributed by atoms with van der Waals surface area (Å²) in [4.78, 5) is 0. The van der Waals surface area contributed by atoms with E-state index in [4.69, 9.17) is 4.74 Å². The number of aryl methyl sites for hydroxylation is 1. The Morgan fingerprint density at radius 2 is 1.72 bits per heavy atom. The van der Waals surface area contributed by atoms with Crippen LogP contribution in [0.25, 0.3) is 0 Å². The average Bonchev–Trinajstić information content (AvgIpc) is 2.40. The lowest BCUT2D eigenvalue weighted by molar-refractivity contribution is 0.199. The van der Waals surface area contributed by atoms with Gasteiger partial charge in [0.25, 0.3) is 0 Å². The normalized spacial score (nSPS) is 12.2. The first-order valence-electron chi connectivity index (χ1n) is 6.24. The molecule has 0 heterocycles. The van der Waals surface area contributed by atoms with E-state index in [9.17, 15) is 5.11 Å². The molecule has 0 saturated carbocycles. The highest BCUT2D eigenvalue weighted by molar-refractivity contribution is 5.38. The van der Waals surface area contributed by atoms with Crippen molar-refractivity contribution in [3.05, 3.63) is 59.7 Å². The van der Waals surface area contributed by atoms with Crippen molar-refractivity contribution in [3.8, 4) is 11.5 Å². The van der Waals surface area contributed by atoms with E-state index in [1.807, 2.05) is 42.5 Å². The van der Waals surface area contributed by atoms with Crippen molar-refractivity contribution in [1.29, 1.82) is 0 Å². The number of ether oxygens (including phenoxy) is 1. The Kier molecular flexibility index (Phi) is 4.00. The molecule has 0 aliphatic heterocycles. The fraction of sp³-hybridized carbons (Fsp3) is 0.250. The molecule has 0 bridgehead atoms. The van der Waals surface area contributed by atoms with Gasteiger partial charge in [-0.2, -0.15) is 0 Å². The van der Waals surface area contributed by atoms with E-state index in [0.29, 0.717) is 0 Å². The Hall–Kier alpha value is -1.80. The van der Waals surface area contributed by atoms with Crippen LogP contribution in [-0.2, 0) is 6.42 Å². The van der Waals surface area contributed by atoms with Crippen LogP contribution in [0.1, 0.15) is 31.1 Å². The van der Waals surface area contributed by atoms with Gasteiger partial charge in [-0.1, -0.05) is 37.3 Å². The molecule has 0 radical (unpaired) electrons. The highest BCUT2D eigenvalue weighted by Crippen LogP contribution is 2.26. The number of rotatable bonds is 4. The molecule has 0 fully saturated rings. The van der Waals surface area contributed by atoms with Gasteiger partial charge in [0.15, 0.2) is 0 Å². The van der Waals surface area contributed by atoms with Gasteiger partial charge in [-0.05, 0) is 42.7 Å². The number of benzene rings is 2. The Morgan fingerprint density at radius 1 is 1.06 bits per heavy atom. The van der Waals surface area contributed by atoms with Gasteiger partial charge < -0.3 is 9.84 Å². The van der Waals surface area contributed by atoms with Gasteiger partial charge in [-0.3, -0.25) is 0 Å². The Morgan fingerprint density at radius 3 is 2.33 bits per heavy atom.